The molecule has 1 fully saturated rings. The second-order valence-electron chi connectivity index (χ2n) is 7.48. The summed E-state index contributed by atoms with van der Waals surface area (Å²) in [6, 6.07) is 25.8. The molecule has 1 aliphatic heterocycles. The molecule has 4 rings (SSSR count). The Labute approximate surface area is 202 Å². The molecule has 4 nitrogen and oxygen atoms in total. The molecule has 0 aromatic heterocycles. The maximum absolute atomic E-state index is 12.9. The number of ether oxygens (including phenoxy) is 1. The van der Waals surface area contributed by atoms with Crippen LogP contribution in [-0.2, 0) is 20.5 Å². The number of sulfonamides is 1. The van der Waals surface area contributed by atoms with E-state index in [0.717, 1.165) is 16.7 Å². The van der Waals surface area contributed by atoms with Crippen LogP contribution >= 0.6 is 35.0 Å². The quantitative estimate of drug-likeness (QED) is 0.367. The first kappa shape index (κ1) is 23.2. The smallest absolute Gasteiger partial charge is 0.285 e. The standard InChI is InChI=1S/C24H21Cl2NO3S2/c1-17-12-14-20(15-13-17)32(28,29)27-23-24(25,26)21(19-10-6-3-7-11-19)22(30-23)31-16-18-8-4-2-5-9-18/h2-15,21-22H,16H2,1H3/b27-23+/t21-,22-/m1/s1. The van der Waals surface area contributed by atoms with Crippen molar-refractivity contribution >= 4 is 50.9 Å². The van der Waals surface area contributed by atoms with Gasteiger partial charge in [-0.1, -0.05) is 102 Å². The highest BCUT2D eigenvalue weighted by Gasteiger charge is 2.55. The molecule has 0 radical (unpaired) electrons. The number of hydrogen-bond donors (Lipinski definition) is 0. The number of aryl methyl sites for hydroxylation is 1. The maximum atomic E-state index is 12.9. The van der Waals surface area contributed by atoms with Crippen LogP contribution < -0.4 is 0 Å². The molecule has 0 aliphatic carbocycles. The largest absolute Gasteiger partial charge is 0.463 e. The average Bonchev–Trinajstić information content (AvgIpc) is 3.02. The molecule has 0 bridgehead atoms. The second-order valence-corrected chi connectivity index (χ2v) is 11.6. The molecule has 1 aliphatic rings. The van der Waals surface area contributed by atoms with Gasteiger partial charge in [-0.05, 0) is 30.2 Å². The van der Waals surface area contributed by atoms with Crippen molar-refractivity contribution in [2.45, 2.75) is 33.3 Å². The van der Waals surface area contributed by atoms with Gasteiger partial charge in [-0.25, -0.2) is 0 Å². The molecule has 0 spiro atoms. The van der Waals surface area contributed by atoms with E-state index in [1.165, 1.54) is 23.9 Å². The van der Waals surface area contributed by atoms with Crippen molar-refractivity contribution in [1.29, 1.82) is 0 Å². The predicted molar refractivity (Wildman–Crippen MR) is 132 cm³/mol. The van der Waals surface area contributed by atoms with Crippen molar-refractivity contribution < 1.29 is 13.2 Å². The van der Waals surface area contributed by atoms with Crippen molar-refractivity contribution in [3.05, 3.63) is 102 Å². The highest BCUT2D eigenvalue weighted by Crippen LogP contribution is 2.52. The van der Waals surface area contributed by atoms with Crippen molar-refractivity contribution in [3.63, 3.8) is 0 Å². The van der Waals surface area contributed by atoms with Gasteiger partial charge in [0.25, 0.3) is 10.0 Å². The average molecular weight is 506 g/mol. The minimum atomic E-state index is -4.04. The van der Waals surface area contributed by atoms with E-state index >= 15 is 0 Å². The minimum absolute atomic E-state index is 0.0555. The van der Waals surface area contributed by atoms with Crippen LogP contribution in [0.3, 0.4) is 0 Å². The molecule has 32 heavy (non-hydrogen) atoms. The highest BCUT2D eigenvalue weighted by molar-refractivity contribution is 7.99. The molecule has 8 heteroatoms. The van der Waals surface area contributed by atoms with E-state index in [4.69, 9.17) is 27.9 Å². The summed E-state index contributed by atoms with van der Waals surface area (Å²) in [5, 5.41) is 0. The van der Waals surface area contributed by atoms with E-state index in [9.17, 15) is 8.42 Å². The van der Waals surface area contributed by atoms with E-state index < -0.39 is 25.7 Å². The third-order valence-electron chi connectivity index (χ3n) is 5.11. The highest BCUT2D eigenvalue weighted by atomic mass is 35.5. The van der Waals surface area contributed by atoms with Crippen LogP contribution in [0.4, 0.5) is 0 Å². The fourth-order valence-electron chi connectivity index (χ4n) is 3.42. The Hall–Kier alpha value is -1.99. The first-order valence-electron chi connectivity index (χ1n) is 9.94. The van der Waals surface area contributed by atoms with E-state index in [1.54, 1.807) is 12.1 Å². The number of rotatable bonds is 6. The first-order chi connectivity index (χ1) is 15.3. The molecule has 2 atom stereocenters. The van der Waals surface area contributed by atoms with Crippen LogP contribution in [0.15, 0.2) is 94.2 Å². The molecule has 1 saturated heterocycles. The lowest BCUT2D eigenvalue weighted by Gasteiger charge is -2.23. The van der Waals surface area contributed by atoms with Gasteiger partial charge in [-0.15, -0.1) is 16.2 Å². The van der Waals surface area contributed by atoms with Gasteiger partial charge >= 0.3 is 0 Å². The zero-order valence-electron chi connectivity index (χ0n) is 17.2. The van der Waals surface area contributed by atoms with Crippen molar-refractivity contribution in [3.8, 4) is 0 Å². The third-order valence-corrected chi connectivity index (χ3v) is 8.38. The summed E-state index contributed by atoms with van der Waals surface area (Å²) < 4.78 is 34.2. The summed E-state index contributed by atoms with van der Waals surface area (Å²) in [5.74, 6) is -0.0648. The summed E-state index contributed by atoms with van der Waals surface area (Å²) in [5.41, 5.74) is 2.39. The fraction of sp³-hybridized carbons (Fsp3) is 0.208. The zero-order chi connectivity index (χ0) is 22.8. The topological polar surface area (TPSA) is 55.7 Å². The molecule has 166 valence electrons. The summed E-state index contributed by atoms with van der Waals surface area (Å²) in [6.07, 6.45) is 0. The molecule has 0 N–H and O–H groups in total. The molecule has 3 aromatic carbocycles. The van der Waals surface area contributed by atoms with Gasteiger partial charge in [-0.3, -0.25) is 0 Å². The van der Waals surface area contributed by atoms with Gasteiger partial charge in [0.2, 0.25) is 10.2 Å². The summed E-state index contributed by atoms with van der Waals surface area (Å²) in [7, 11) is -4.04. The molecular formula is C24H21Cl2NO3S2. The van der Waals surface area contributed by atoms with E-state index in [-0.39, 0.29) is 10.8 Å². The van der Waals surface area contributed by atoms with Gasteiger partial charge < -0.3 is 4.74 Å². The normalized spacial score (nSPS) is 21.4. The number of alkyl halides is 2. The fourth-order valence-corrected chi connectivity index (χ4v) is 6.58. The van der Waals surface area contributed by atoms with Crippen LogP contribution in [0.25, 0.3) is 0 Å². The maximum Gasteiger partial charge on any atom is 0.285 e. The monoisotopic (exact) mass is 505 g/mol. The molecule has 0 amide bonds. The van der Waals surface area contributed by atoms with E-state index in [2.05, 4.69) is 4.40 Å². The van der Waals surface area contributed by atoms with Crippen molar-refractivity contribution in [1.82, 2.24) is 0 Å². The molecule has 0 saturated carbocycles. The zero-order valence-corrected chi connectivity index (χ0v) is 20.3. The van der Waals surface area contributed by atoms with Gasteiger partial charge in [0.1, 0.15) is 0 Å². The number of halogens is 2. The SMILES string of the molecule is Cc1ccc(S(=O)(=O)/N=C2/O[C@H](SCc3ccccc3)[C@@H](c3ccccc3)C2(Cl)Cl)cc1. The Morgan fingerprint density at radius 2 is 1.53 bits per heavy atom. The lowest BCUT2D eigenvalue weighted by molar-refractivity contribution is 0.293. The number of nitrogens with zero attached hydrogens (tertiary/aromatic N) is 1. The Balaban J connectivity index is 1.69. The Kier molecular flexibility index (Phi) is 6.86. The van der Waals surface area contributed by atoms with Crippen LogP contribution in [0.5, 0.6) is 0 Å². The molecule has 1 heterocycles. The van der Waals surface area contributed by atoms with Gasteiger partial charge in [0, 0.05) is 5.75 Å². The van der Waals surface area contributed by atoms with E-state index in [1.807, 2.05) is 67.6 Å². The lowest BCUT2D eigenvalue weighted by Crippen LogP contribution is -2.28. The Bertz CT molecular complexity index is 1200. The third kappa shape index (κ3) is 4.99. The van der Waals surface area contributed by atoms with Crippen LogP contribution in [0.1, 0.15) is 22.6 Å². The van der Waals surface area contributed by atoms with Gasteiger partial charge in [0.05, 0.1) is 10.8 Å². The van der Waals surface area contributed by atoms with Crippen LogP contribution in [0.2, 0.25) is 0 Å². The van der Waals surface area contributed by atoms with Gasteiger partial charge in [-0.2, -0.15) is 8.42 Å². The summed E-state index contributed by atoms with van der Waals surface area (Å²) in [4.78, 5) is 0.0555. The first-order valence-corrected chi connectivity index (χ1v) is 13.2. The lowest BCUT2D eigenvalue weighted by atomic mass is 9.97. The number of hydrogen-bond acceptors (Lipinski definition) is 4. The van der Waals surface area contributed by atoms with E-state index in [0.29, 0.717) is 5.75 Å². The van der Waals surface area contributed by atoms with Crippen LogP contribution in [-0.4, -0.2) is 24.1 Å². The molecule has 3 aromatic rings. The van der Waals surface area contributed by atoms with Gasteiger partial charge in [0.15, 0.2) is 5.44 Å². The molecular weight excluding hydrogens is 485 g/mol. The Morgan fingerprint density at radius 1 is 0.938 bits per heavy atom. The number of thioether (sulfide) groups is 1. The number of benzene rings is 3. The second kappa shape index (κ2) is 9.48. The predicted octanol–water partition coefficient (Wildman–Crippen LogP) is 6.33. The summed E-state index contributed by atoms with van der Waals surface area (Å²) >= 11 is 15.0. The van der Waals surface area contributed by atoms with Crippen LogP contribution in [0, 0.1) is 6.92 Å². The summed E-state index contributed by atoms with van der Waals surface area (Å²) in [6.45, 7) is 1.88. The van der Waals surface area contributed by atoms with Crippen molar-refractivity contribution in [2.75, 3.05) is 0 Å². The van der Waals surface area contributed by atoms with Crippen molar-refractivity contribution in [2.24, 2.45) is 4.40 Å². The molecule has 0 unspecified atom stereocenters. The Morgan fingerprint density at radius 3 is 2.16 bits per heavy atom. The minimum Gasteiger partial charge on any atom is -0.463 e.